The maximum atomic E-state index is 12.4. The summed E-state index contributed by atoms with van der Waals surface area (Å²) < 4.78 is 1.80. The molecular weight excluding hydrogens is 294 g/mol. The Morgan fingerprint density at radius 1 is 1.26 bits per heavy atom. The number of carbonyl (C=O) groups excluding carboxylic acids is 1. The molecule has 128 valence electrons. The number of aromatic nitrogens is 2. The maximum Gasteiger partial charge on any atom is 0.223 e. The molecule has 0 bridgehead atoms. The lowest BCUT2D eigenvalue weighted by Gasteiger charge is -2.37. The van der Waals surface area contributed by atoms with E-state index in [0.717, 1.165) is 31.9 Å². The molecule has 0 radical (unpaired) electrons. The maximum absolute atomic E-state index is 12.4. The lowest BCUT2D eigenvalue weighted by molar-refractivity contribution is -0.130. The van der Waals surface area contributed by atoms with E-state index >= 15 is 0 Å². The fourth-order valence-corrected chi connectivity index (χ4v) is 3.53. The zero-order valence-corrected chi connectivity index (χ0v) is 14.1. The molecule has 23 heavy (non-hydrogen) atoms. The van der Waals surface area contributed by atoms with Gasteiger partial charge in [-0.05, 0) is 19.5 Å². The van der Waals surface area contributed by atoms with Crippen molar-refractivity contribution in [1.82, 2.24) is 24.5 Å². The minimum Gasteiger partial charge on any atom is -0.390 e. The Hall–Kier alpha value is -1.44. The summed E-state index contributed by atoms with van der Waals surface area (Å²) in [5.74, 6) is 0.127. The molecule has 2 saturated heterocycles. The summed E-state index contributed by atoms with van der Waals surface area (Å²) >= 11 is 0. The van der Waals surface area contributed by atoms with Crippen molar-refractivity contribution in [3.63, 3.8) is 0 Å². The lowest BCUT2D eigenvalue weighted by atomic mass is 10.1. The molecule has 0 unspecified atom stereocenters. The number of hydrogen-bond donors (Lipinski definition) is 1. The van der Waals surface area contributed by atoms with E-state index in [9.17, 15) is 9.90 Å². The Labute approximate surface area is 137 Å². The Balaban J connectivity index is 1.51. The van der Waals surface area contributed by atoms with Gasteiger partial charge in [0.15, 0.2) is 0 Å². The van der Waals surface area contributed by atoms with Gasteiger partial charge in [0.25, 0.3) is 0 Å². The van der Waals surface area contributed by atoms with Gasteiger partial charge in [-0.25, -0.2) is 0 Å². The molecule has 1 aromatic rings. The Morgan fingerprint density at radius 3 is 2.65 bits per heavy atom. The van der Waals surface area contributed by atoms with Crippen molar-refractivity contribution in [3.05, 3.63) is 18.0 Å². The summed E-state index contributed by atoms with van der Waals surface area (Å²) in [6.07, 6.45) is 2.49. The molecule has 7 nitrogen and oxygen atoms in total. The number of carbonyl (C=O) groups is 1. The molecule has 1 aromatic heterocycles. The van der Waals surface area contributed by atoms with Crippen molar-refractivity contribution >= 4 is 5.91 Å². The van der Waals surface area contributed by atoms with E-state index in [0.29, 0.717) is 25.9 Å². The van der Waals surface area contributed by atoms with Crippen LogP contribution in [0, 0.1) is 0 Å². The first-order chi connectivity index (χ1) is 11.0. The monoisotopic (exact) mass is 321 g/mol. The quantitative estimate of drug-likeness (QED) is 0.784. The van der Waals surface area contributed by atoms with Crippen molar-refractivity contribution in [2.24, 2.45) is 7.05 Å². The van der Waals surface area contributed by atoms with E-state index in [1.807, 2.05) is 18.0 Å². The van der Waals surface area contributed by atoms with Gasteiger partial charge in [-0.2, -0.15) is 5.10 Å². The first-order valence-corrected chi connectivity index (χ1v) is 8.40. The normalized spacial score (nSPS) is 26.8. The highest BCUT2D eigenvalue weighted by atomic mass is 16.3. The summed E-state index contributed by atoms with van der Waals surface area (Å²) in [6, 6.07) is 2.03. The smallest absolute Gasteiger partial charge is 0.223 e. The minimum atomic E-state index is -0.431. The summed E-state index contributed by atoms with van der Waals surface area (Å²) in [6.45, 7) is 5.09. The molecule has 0 saturated carbocycles. The number of amides is 1. The topological polar surface area (TPSA) is 64.8 Å². The summed E-state index contributed by atoms with van der Waals surface area (Å²) in [5.41, 5.74) is 1.06. The summed E-state index contributed by atoms with van der Waals surface area (Å²) in [7, 11) is 4.01. The fraction of sp³-hybridized carbons (Fsp3) is 0.750. The van der Waals surface area contributed by atoms with Gasteiger partial charge >= 0.3 is 0 Å². The average molecular weight is 321 g/mol. The summed E-state index contributed by atoms with van der Waals surface area (Å²) in [4.78, 5) is 18.9. The predicted octanol–water partition coefficient (Wildman–Crippen LogP) is -0.828. The van der Waals surface area contributed by atoms with Crippen LogP contribution in [0.4, 0.5) is 0 Å². The van der Waals surface area contributed by atoms with Crippen LogP contribution in [-0.2, 0) is 18.3 Å². The SMILES string of the molecule is CN1CCN([C@@H]2CN(C(=O)CCc3ccnn3C)C[C@H]2O)CC1. The molecule has 3 rings (SSSR count). The molecule has 1 amide bonds. The number of aliphatic hydroxyl groups is 1. The van der Waals surface area contributed by atoms with Gasteiger partial charge in [0.2, 0.25) is 5.91 Å². The minimum absolute atomic E-state index is 0.0874. The van der Waals surface area contributed by atoms with Crippen LogP contribution < -0.4 is 0 Å². The molecule has 7 heteroatoms. The second-order valence-corrected chi connectivity index (χ2v) is 6.72. The van der Waals surface area contributed by atoms with Crippen LogP contribution in [-0.4, -0.2) is 94.0 Å². The van der Waals surface area contributed by atoms with Crippen molar-refractivity contribution in [3.8, 4) is 0 Å². The van der Waals surface area contributed by atoms with Crippen molar-refractivity contribution in [1.29, 1.82) is 0 Å². The molecule has 2 fully saturated rings. The number of aryl methyl sites for hydroxylation is 2. The van der Waals surface area contributed by atoms with Gasteiger partial charge in [-0.1, -0.05) is 0 Å². The highest BCUT2D eigenvalue weighted by Gasteiger charge is 2.38. The van der Waals surface area contributed by atoms with Crippen LogP contribution in [0.3, 0.4) is 0 Å². The zero-order chi connectivity index (χ0) is 16.4. The highest BCUT2D eigenvalue weighted by Crippen LogP contribution is 2.19. The van der Waals surface area contributed by atoms with E-state index in [1.54, 1.807) is 10.9 Å². The highest BCUT2D eigenvalue weighted by molar-refractivity contribution is 5.76. The first kappa shape index (κ1) is 16.4. The lowest BCUT2D eigenvalue weighted by Crippen LogP contribution is -2.52. The molecule has 2 aliphatic heterocycles. The third-order valence-electron chi connectivity index (χ3n) is 5.14. The standard InChI is InChI=1S/C16H27N5O2/c1-18-7-9-20(10-8-18)14-11-21(12-15(14)22)16(23)4-3-13-5-6-17-19(13)2/h5-6,14-15,22H,3-4,7-12H2,1-2H3/t14-,15-/m1/s1. The Morgan fingerprint density at radius 2 is 2.00 bits per heavy atom. The van der Waals surface area contributed by atoms with Crippen LogP contribution in [0.1, 0.15) is 12.1 Å². The second-order valence-electron chi connectivity index (χ2n) is 6.72. The van der Waals surface area contributed by atoms with Crippen molar-refractivity contribution < 1.29 is 9.90 Å². The third-order valence-corrected chi connectivity index (χ3v) is 5.14. The Bertz CT molecular complexity index is 538. The van der Waals surface area contributed by atoms with Gasteiger partial charge in [0, 0.05) is 64.6 Å². The van der Waals surface area contributed by atoms with Gasteiger partial charge in [0.1, 0.15) is 0 Å². The Kier molecular flexibility index (Phi) is 4.99. The van der Waals surface area contributed by atoms with Gasteiger partial charge < -0.3 is 14.9 Å². The van der Waals surface area contributed by atoms with Crippen LogP contribution in [0.15, 0.2) is 12.3 Å². The molecule has 1 N–H and O–H groups in total. The number of β-amino-alcohol motifs (C(OH)–C–C–N with tert-alkyl or cyclic N) is 1. The van der Waals surface area contributed by atoms with Crippen molar-refractivity contribution in [2.45, 2.75) is 25.0 Å². The molecule has 3 heterocycles. The number of likely N-dealkylation sites (tertiary alicyclic amines) is 1. The van der Waals surface area contributed by atoms with E-state index in [2.05, 4.69) is 21.9 Å². The van der Waals surface area contributed by atoms with Gasteiger partial charge in [-0.15, -0.1) is 0 Å². The largest absolute Gasteiger partial charge is 0.390 e. The number of likely N-dealkylation sites (N-methyl/N-ethyl adjacent to an activating group) is 1. The van der Waals surface area contributed by atoms with E-state index in [4.69, 9.17) is 0 Å². The fourth-order valence-electron chi connectivity index (χ4n) is 3.53. The van der Waals surface area contributed by atoms with Crippen LogP contribution >= 0.6 is 0 Å². The van der Waals surface area contributed by atoms with E-state index < -0.39 is 6.10 Å². The number of nitrogens with zero attached hydrogens (tertiary/aromatic N) is 5. The average Bonchev–Trinajstić information content (AvgIpc) is 3.12. The van der Waals surface area contributed by atoms with Crippen LogP contribution in [0.25, 0.3) is 0 Å². The molecule has 2 atom stereocenters. The zero-order valence-electron chi connectivity index (χ0n) is 14.1. The van der Waals surface area contributed by atoms with E-state index in [1.165, 1.54) is 0 Å². The van der Waals surface area contributed by atoms with Gasteiger partial charge in [-0.3, -0.25) is 14.4 Å². The second kappa shape index (κ2) is 6.98. The van der Waals surface area contributed by atoms with E-state index in [-0.39, 0.29) is 11.9 Å². The number of aliphatic hydroxyl groups excluding tert-OH is 1. The van der Waals surface area contributed by atoms with Crippen molar-refractivity contribution in [2.75, 3.05) is 46.3 Å². The molecule has 0 aliphatic carbocycles. The van der Waals surface area contributed by atoms with Crippen LogP contribution in [0.5, 0.6) is 0 Å². The third kappa shape index (κ3) is 3.73. The molecule has 0 aromatic carbocycles. The first-order valence-electron chi connectivity index (χ1n) is 8.40. The van der Waals surface area contributed by atoms with Crippen LogP contribution in [0.2, 0.25) is 0 Å². The molecule has 0 spiro atoms. The predicted molar refractivity (Wildman–Crippen MR) is 87.0 cm³/mol. The van der Waals surface area contributed by atoms with Gasteiger partial charge in [0.05, 0.1) is 12.1 Å². The summed E-state index contributed by atoms with van der Waals surface area (Å²) in [5, 5.41) is 14.5. The molecular formula is C16H27N5O2. The number of hydrogen-bond acceptors (Lipinski definition) is 5. The number of piperazine rings is 1. The number of rotatable bonds is 4. The molecule has 2 aliphatic rings.